The Kier molecular flexibility index (Phi) is 3.06. The molecule has 1 aromatic carbocycles. The topological polar surface area (TPSA) is 9.23 Å². The number of halogens is 3. The van der Waals surface area contributed by atoms with Crippen molar-refractivity contribution in [1.82, 2.24) is 0 Å². The Labute approximate surface area is 98.4 Å². The molecule has 0 aromatic heterocycles. The molecule has 1 saturated carbocycles. The fraction of sp³-hybridized carbons (Fsp3) is 0.500. The molecule has 0 bridgehead atoms. The van der Waals surface area contributed by atoms with Crippen LogP contribution in [0.25, 0.3) is 0 Å². The van der Waals surface area contributed by atoms with Gasteiger partial charge in [-0.1, -0.05) is 17.7 Å². The number of alkyl halides is 2. The largest absolute Gasteiger partial charge is 0.495 e. The molecule has 16 heavy (non-hydrogen) atoms. The summed E-state index contributed by atoms with van der Waals surface area (Å²) < 4.78 is 31.2. The lowest BCUT2D eigenvalue weighted by Crippen LogP contribution is -2.09. The van der Waals surface area contributed by atoms with Gasteiger partial charge >= 0.3 is 0 Å². The first-order valence-electron chi connectivity index (χ1n) is 5.23. The Hall–Kier alpha value is -0.830. The second-order valence-electron chi connectivity index (χ2n) is 4.19. The van der Waals surface area contributed by atoms with Crippen molar-refractivity contribution in [3.8, 4) is 5.75 Å². The van der Waals surface area contributed by atoms with Crippen LogP contribution in [0, 0.1) is 0 Å². The first-order chi connectivity index (χ1) is 7.52. The molecule has 1 atom stereocenters. The van der Waals surface area contributed by atoms with Gasteiger partial charge in [-0.15, -0.1) is 0 Å². The third-order valence-corrected chi connectivity index (χ3v) is 3.35. The van der Waals surface area contributed by atoms with E-state index in [4.69, 9.17) is 16.3 Å². The average molecular weight is 247 g/mol. The molecular formula is C12H13ClF2O. The van der Waals surface area contributed by atoms with Crippen LogP contribution in [-0.2, 0) is 0 Å². The minimum Gasteiger partial charge on any atom is -0.495 e. The molecule has 88 valence electrons. The number of benzene rings is 1. The van der Waals surface area contributed by atoms with Crippen LogP contribution in [-0.4, -0.2) is 13.0 Å². The molecule has 0 heterocycles. The van der Waals surface area contributed by atoms with Crippen molar-refractivity contribution in [2.45, 2.75) is 31.1 Å². The van der Waals surface area contributed by atoms with E-state index in [1.165, 1.54) is 7.11 Å². The van der Waals surface area contributed by atoms with Gasteiger partial charge in [0.15, 0.2) is 0 Å². The molecule has 1 unspecified atom stereocenters. The summed E-state index contributed by atoms with van der Waals surface area (Å²) in [5.74, 6) is -2.02. The summed E-state index contributed by atoms with van der Waals surface area (Å²) in [5, 5.41) is 0.482. The molecule has 2 rings (SSSR count). The van der Waals surface area contributed by atoms with Gasteiger partial charge in [-0.2, -0.15) is 0 Å². The van der Waals surface area contributed by atoms with Crippen molar-refractivity contribution in [3.05, 3.63) is 28.8 Å². The quantitative estimate of drug-likeness (QED) is 0.758. The molecule has 0 radical (unpaired) electrons. The highest BCUT2D eigenvalue weighted by Gasteiger charge is 2.39. The number of rotatable bonds is 2. The van der Waals surface area contributed by atoms with E-state index >= 15 is 0 Å². The summed E-state index contributed by atoms with van der Waals surface area (Å²) in [6.07, 6.45) is 0.423. The fourth-order valence-corrected chi connectivity index (χ4v) is 2.44. The zero-order chi connectivity index (χ0) is 11.8. The highest BCUT2D eigenvalue weighted by molar-refractivity contribution is 6.32. The van der Waals surface area contributed by atoms with Gasteiger partial charge in [-0.25, -0.2) is 8.78 Å². The van der Waals surface area contributed by atoms with E-state index in [1.54, 1.807) is 12.1 Å². The van der Waals surface area contributed by atoms with E-state index in [0.29, 0.717) is 17.2 Å². The molecule has 0 amide bonds. The second kappa shape index (κ2) is 4.21. The van der Waals surface area contributed by atoms with Gasteiger partial charge in [0.25, 0.3) is 0 Å². The van der Waals surface area contributed by atoms with Crippen molar-refractivity contribution >= 4 is 11.6 Å². The molecule has 0 N–H and O–H groups in total. The zero-order valence-electron chi connectivity index (χ0n) is 8.97. The summed E-state index contributed by atoms with van der Waals surface area (Å²) in [6, 6.07) is 5.28. The lowest BCUT2D eigenvalue weighted by Gasteiger charge is -2.12. The maximum Gasteiger partial charge on any atom is 0.248 e. The van der Waals surface area contributed by atoms with Gasteiger partial charge in [0.2, 0.25) is 5.92 Å². The number of ether oxygens (including phenoxy) is 1. The number of hydrogen-bond donors (Lipinski definition) is 0. The Balaban J connectivity index is 2.20. The Morgan fingerprint density at radius 1 is 1.44 bits per heavy atom. The summed E-state index contributed by atoms with van der Waals surface area (Å²) in [4.78, 5) is 0. The fourth-order valence-electron chi connectivity index (χ4n) is 2.17. The first kappa shape index (κ1) is 11.6. The SMILES string of the molecule is COc1ccc(C2CCC(F)(F)C2)cc1Cl. The molecule has 0 spiro atoms. The third kappa shape index (κ3) is 2.29. The molecule has 4 heteroatoms. The van der Waals surface area contributed by atoms with Crippen LogP contribution < -0.4 is 4.74 Å². The van der Waals surface area contributed by atoms with E-state index in [0.717, 1.165) is 5.56 Å². The van der Waals surface area contributed by atoms with Crippen molar-refractivity contribution in [1.29, 1.82) is 0 Å². The monoisotopic (exact) mass is 246 g/mol. The zero-order valence-corrected chi connectivity index (χ0v) is 9.73. The van der Waals surface area contributed by atoms with Gasteiger partial charge < -0.3 is 4.74 Å². The Morgan fingerprint density at radius 3 is 2.69 bits per heavy atom. The van der Waals surface area contributed by atoms with E-state index in [9.17, 15) is 8.78 Å². The number of methoxy groups -OCH3 is 1. The molecular weight excluding hydrogens is 234 g/mol. The molecule has 1 aliphatic carbocycles. The maximum atomic E-state index is 13.1. The summed E-state index contributed by atoms with van der Waals surface area (Å²) >= 11 is 5.97. The van der Waals surface area contributed by atoms with Crippen LogP contribution >= 0.6 is 11.6 Å². The summed E-state index contributed by atoms with van der Waals surface area (Å²) in [7, 11) is 1.53. The van der Waals surface area contributed by atoms with Crippen LogP contribution in [0.15, 0.2) is 18.2 Å². The minimum atomic E-state index is -2.52. The normalized spacial score (nSPS) is 23.4. The van der Waals surface area contributed by atoms with Crippen molar-refractivity contribution in [2.75, 3.05) is 7.11 Å². The molecule has 1 aliphatic rings. The van der Waals surface area contributed by atoms with Gasteiger partial charge in [0.1, 0.15) is 5.75 Å². The molecule has 1 fully saturated rings. The first-order valence-corrected chi connectivity index (χ1v) is 5.61. The van der Waals surface area contributed by atoms with Crippen molar-refractivity contribution in [3.63, 3.8) is 0 Å². The second-order valence-corrected chi connectivity index (χ2v) is 4.60. The van der Waals surface area contributed by atoms with Gasteiger partial charge in [0.05, 0.1) is 12.1 Å². The average Bonchev–Trinajstić information content (AvgIpc) is 2.59. The van der Waals surface area contributed by atoms with Crippen molar-refractivity contribution < 1.29 is 13.5 Å². The van der Waals surface area contributed by atoms with Crippen LogP contribution in [0.2, 0.25) is 5.02 Å². The smallest absolute Gasteiger partial charge is 0.248 e. The van der Waals surface area contributed by atoms with E-state index in [2.05, 4.69) is 0 Å². The van der Waals surface area contributed by atoms with E-state index in [-0.39, 0.29) is 18.8 Å². The highest BCUT2D eigenvalue weighted by Crippen LogP contribution is 2.45. The van der Waals surface area contributed by atoms with Gasteiger partial charge in [0, 0.05) is 12.8 Å². The predicted molar refractivity (Wildman–Crippen MR) is 59.5 cm³/mol. The molecule has 0 saturated heterocycles. The summed E-state index contributed by atoms with van der Waals surface area (Å²) in [6.45, 7) is 0. The van der Waals surface area contributed by atoms with E-state index in [1.807, 2.05) is 6.07 Å². The van der Waals surface area contributed by atoms with Crippen LogP contribution in [0.1, 0.15) is 30.7 Å². The lowest BCUT2D eigenvalue weighted by atomic mass is 9.97. The van der Waals surface area contributed by atoms with Gasteiger partial charge in [-0.3, -0.25) is 0 Å². The Morgan fingerprint density at radius 2 is 2.19 bits per heavy atom. The maximum absolute atomic E-state index is 13.1. The predicted octanol–water partition coefficient (Wildman–Crippen LogP) is 4.25. The molecule has 1 nitrogen and oxygen atoms in total. The number of hydrogen-bond acceptors (Lipinski definition) is 1. The van der Waals surface area contributed by atoms with Crippen molar-refractivity contribution in [2.24, 2.45) is 0 Å². The van der Waals surface area contributed by atoms with E-state index < -0.39 is 5.92 Å². The Bertz CT molecular complexity index is 393. The third-order valence-electron chi connectivity index (χ3n) is 3.05. The van der Waals surface area contributed by atoms with Crippen LogP contribution in [0.3, 0.4) is 0 Å². The summed E-state index contributed by atoms with van der Waals surface area (Å²) in [5.41, 5.74) is 0.878. The molecule has 1 aromatic rings. The minimum absolute atomic E-state index is 0.0265. The van der Waals surface area contributed by atoms with Gasteiger partial charge in [-0.05, 0) is 30.0 Å². The lowest BCUT2D eigenvalue weighted by molar-refractivity contribution is 0.00777. The highest BCUT2D eigenvalue weighted by atomic mass is 35.5. The van der Waals surface area contributed by atoms with Crippen LogP contribution in [0.4, 0.5) is 8.78 Å². The van der Waals surface area contributed by atoms with Crippen LogP contribution in [0.5, 0.6) is 5.75 Å². The molecule has 0 aliphatic heterocycles. The standard InChI is InChI=1S/C12H13ClF2O/c1-16-11-3-2-8(6-10(11)13)9-4-5-12(14,15)7-9/h2-3,6,9H,4-5,7H2,1H3.